The third-order valence-corrected chi connectivity index (χ3v) is 3.30. The second kappa shape index (κ2) is 14.2. The van der Waals surface area contributed by atoms with Crippen molar-refractivity contribution in [2.45, 2.75) is 57.8 Å². The Bertz CT molecular complexity index is 471. The van der Waals surface area contributed by atoms with Crippen LogP contribution in [0.2, 0.25) is 0 Å². The number of primary amides is 2. The molecule has 0 aliphatic rings. The maximum absolute atomic E-state index is 10.3. The summed E-state index contributed by atoms with van der Waals surface area (Å²) in [6, 6.07) is 9.93. The van der Waals surface area contributed by atoms with Gasteiger partial charge in [0, 0.05) is 19.3 Å². The van der Waals surface area contributed by atoms with Gasteiger partial charge in [0.25, 0.3) is 0 Å². The molecule has 0 fully saturated rings. The fourth-order valence-electron chi connectivity index (χ4n) is 2.04. The van der Waals surface area contributed by atoms with E-state index in [0.717, 1.165) is 38.5 Å². The molecule has 0 unspecified atom stereocenters. The lowest BCUT2D eigenvalue weighted by Gasteiger charge is -1.97. The van der Waals surface area contributed by atoms with E-state index in [-0.39, 0.29) is 18.2 Å². The summed E-state index contributed by atoms with van der Waals surface area (Å²) in [6.07, 6.45) is 6.23. The summed E-state index contributed by atoms with van der Waals surface area (Å²) in [6.45, 7) is 0. The first-order valence-corrected chi connectivity index (χ1v) is 8.24. The summed E-state index contributed by atoms with van der Waals surface area (Å²) in [7, 11) is 0. The molecule has 0 atom stereocenters. The summed E-state index contributed by atoms with van der Waals surface area (Å²) < 4.78 is 0. The Balaban J connectivity index is 0.000000441. The van der Waals surface area contributed by atoms with E-state index in [4.69, 9.17) is 16.6 Å². The minimum atomic E-state index is -0.717. The van der Waals surface area contributed by atoms with Crippen molar-refractivity contribution in [2.75, 3.05) is 0 Å². The number of carboxylic acids is 1. The Morgan fingerprint density at radius 3 is 1.67 bits per heavy atom. The highest BCUT2D eigenvalue weighted by atomic mass is 16.4. The van der Waals surface area contributed by atoms with Crippen LogP contribution in [-0.2, 0) is 20.8 Å². The van der Waals surface area contributed by atoms with E-state index in [9.17, 15) is 14.4 Å². The number of carbonyl (C=O) groups excluding carboxylic acids is 2. The van der Waals surface area contributed by atoms with Gasteiger partial charge in [-0.15, -0.1) is 0 Å². The number of benzene rings is 1. The number of rotatable bonds is 11. The van der Waals surface area contributed by atoms with Gasteiger partial charge in [-0.1, -0.05) is 43.2 Å². The summed E-state index contributed by atoms with van der Waals surface area (Å²) in [4.78, 5) is 30.8. The van der Waals surface area contributed by atoms with Gasteiger partial charge in [0.2, 0.25) is 11.8 Å². The highest BCUT2D eigenvalue weighted by Gasteiger charge is 1.97. The van der Waals surface area contributed by atoms with Crippen LogP contribution in [0.15, 0.2) is 30.3 Å². The van der Waals surface area contributed by atoms with Gasteiger partial charge in [-0.05, 0) is 31.2 Å². The number of aryl methyl sites for hydroxylation is 1. The van der Waals surface area contributed by atoms with Gasteiger partial charge in [-0.3, -0.25) is 14.4 Å². The van der Waals surface area contributed by atoms with Crippen molar-refractivity contribution in [3.8, 4) is 0 Å². The van der Waals surface area contributed by atoms with Crippen molar-refractivity contribution in [3.05, 3.63) is 35.9 Å². The van der Waals surface area contributed by atoms with E-state index >= 15 is 0 Å². The maximum atomic E-state index is 10.3. The molecule has 134 valence electrons. The minimum absolute atomic E-state index is 0.259. The van der Waals surface area contributed by atoms with E-state index in [2.05, 4.69) is 0 Å². The molecule has 6 nitrogen and oxygen atoms in total. The minimum Gasteiger partial charge on any atom is -0.481 e. The highest BCUT2D eigenvalue weighted by molar-refractivity contribution is 5.74. The summed E-state index contributed by atoms with van der Waals surface area (Å²) in [5, 5.41) is 8.39. The molecule has 0 radical (unpaired) electrons. The standard InChI is InChI=1S/C10H12O2.C8H16N2O2/c11-10(12)8-4-7-9-5-2-1-3-6-9;9-7(11)5-3-1-2-4-6-8(10)12/h1-3,5-6H,4,7-8H2,(H,11,12);1-6H2,(H2,9,11)(H2,10,12). The Kier molecular flexibility index (Phi) is 12.8. The largest absolute Gasteiger partial charge is 0.481 e. The molecule has 0 aliphatic heterocycles. The predicted molar refractivity (Wildman–Crippen MR) is 93.1 cm³/mol. The highest BCUT2D eigenvalue weighted by Crippen LogP contribution is 2.04. The van der Waals surface area contributed by atoms with Crippen LogP contribution in [0.5, 0.6) is 0 Å². The number of aliphatic carboxylic acids is 1. The molecule has 2 amide bonds. The van der Waals surface area contributed by atoms with Crippen molar-refractivity contribution in [2.24, 2.45) is 11.5 Å². The average molecular weight is 336 g/mol. The van der Waals surface area contributed by atoms with Gasteiger partial charge in [0.05, 0.1) is 0 Å². The van der Waals surface area contributed by atoms with Crippen LogP contribution in [0.1, 0.15) is 56.9 Å². The third kappa shape index (κ3) is 16.0. The Labute approximate surface area is 143 Å². The van der Waals surface area contributed by atoms with Crippen molar-refractivity contribution >= 4 is 17.8 Å². The molecule has 0 bridgehead atoms. The molecule has 1 aromatic rings. The number of hydrogen-bond acceptors (Lipinski definition) is 3. The van der Waals surface area contributed by atoms with Gasteiger partial charge in [0.15, 0.2) is 0 Å². The quantitative estimate of drug-likeness (QED) is 0.537. The zero-order chi connectivity index (χ0) is 18.2. The summed E-state index contributed by atoms with van der Waals surface area (Å²) in [5.41, 5.74) is 11.1. The van der Waals surface area contributed by atoms with E-state index in [0.29, 0.717) is 12.8 Å². The lowest BCUT2D eigenvalue weighted by atomic mass is 10.1. The average Bonchev–Trinajstić information content (AvgIpc) is 2.51. The topological polar surface area (TPSA) is 123 Å². The van der Waals surface area contributed by atoms with E-state index in [1.165, 1.54) is 5.56 Å². The van der Waals surface area contributed by atoms with Crippen LogP contribution >= 0.6 is 0 Å². The molecule has 0 aliphatic carbocycles. The lowest BCUT2D eigenvalue weighted by Crippen LogP contribution is -2.10. The molecule has 0 spiro atoms. The van der Waals surface area contributed by atoms with Crippen LogP contribution in [0.3, 0.4) is 0 Å². The number of carbonyl (C=O) groups is 3. The second-order valence-electron chi connectivity index (χ2n) is 5.58. The Hall–Kier alpha value is -2.37. The molecule has 5 N–H and O–H groups in total. The number of amides is 2. The molecule has 6 heteroatoms. The first-order valence-electron chi connectivity index (χ1n) is 8.24. The van der Waals surface area contributed by atoms with E-state index in [1.54, 1.807) is 0 Å². The lowest BCUT2D eigenvalue weighted by molar-refractivity contribution is -0.137. The fourth-order valence-corrected chi connectivity index (χ4v) is 2.04. The number of carboxylic acid groups (broad SMARTS) is 1. The zero-order valence-corrected chi connectivity index (χ0v) is 14.1. The van der Waals surface area contributed by atoms with Gasteiger partial charge >= 0.3 is 5.97 Å². The Morgan fingerprint density at radius 2 is 1.25 bits per heavy atom. The molecule has 0 heterocycles. The van der Waals surface area contributed by atoms with Crippen LogP contribution < -0.4 is 11.5 Å². The van der Waals surface area contributed by atoms with E-state index < -0.39 is 5.97 Å². The van der Waals surface area contributed by atoms with Crippen LogP contribution in [0.4, 0.5) is 0 Å². The van der Waals surface area contributed by atoms with Crippen LogP contribution in [0, 0.1) is 0 Å². The third-order valence-electron chi connectivity index (χ3n) is 3.30. The smallest absolute Gasteiger partial charge is 0.303 e. The van der Waals surface area contributed by atoms with Gasteiger partial charge < -0.3 is 16.6 Å². The first-order chi connectivity index (χ1) is 11.4. The molecule has 0 aromatic heterocycles. The first kappa shape index (κ1) is 21.6. The van der Waals surface area contributed by atoms with Gasteiger partial charge in [-0.2, -0.15) is 0 Å². The van der Waals surface area contributed by atoms with Crippen molar-refractivity contribution in [3.63, 3.8) is 0 Å². The fraction of sp³-hybridized carbons (Fsp3) is 0.500. The second-order valence-corrected chi connectivity index (χ2v) is 5.58. The SMILES string of the molecule is NC(=O)CCCCCCC(N)=O.O=C(O)CCCc1ccccc1. The zero-order valence-electron chi connectivity index (χ0n) is 14.1. The Morgan fingerprint density at radius 1 is 0.750 bits per heavy atom. The molecular formula is C18H28N2O4. The number of hydrogen-bond donors (Lipinski definition) is 3. The van der Waals surface area contributed by atoms with Crippen LogP contribution in [-0.4, -0.2) is 22.9 Å². The molecular weight excluding hydrogens is 308 g/mol. The monoisotopic (exact) mass is 336 g/mol. The number of unbranched alkanes of at least 4 members (excludes halogenated alkanes) is 3. The molecule has 0 saturated carbocycles. The van der Waals surface area contributed by atoms with Crippen molar-refractivity contribution in [1.82, 2.24) is 0 Å². The molecule has 1 aromatic carbocycles. The summed E-state index contributed by atoms with van der Waals surface area (Å²) in [5.74, 6) is -1.24. The maximum Gasteiger partial charge on any atom is 0.303 e. The predicted octanol–water partition coefficient (Wildman–Crippen LogP) is 2.39. The molecule has 1 rings (SSSR count). The van der Waals surface area contributed by atoms with Gasteiger partial charge in [-0.25, -0.2) is 0 Å². The molecule has 24 heavy (non-hydrogen) atoms. The van der Waals surface area contributed by atoms with Gasteiger partial charge in [0.1, 0.15) is 0 Å². The number of nitrogens with two attached hydrogens (primary N) is 2. The normalized spacial score (nSPS) is 9.67. The van der Waals surface area contributed by atoms with E-state index in [1.807, 2.05) is 30.3 Å². The van der Waals surface area contributed by atoms with Crippen molar-refractivity contribution < 1.29 is 19.5 Å². The summed E-state index contributed by atoms with van der Waals surface area (Å²) >= 11 is 0. The van der Waals surface area contributed by atoms with Crippen LogP contribution in [0.25, 0.3) is 0 Å². The van der Waals surface area contributed by atoms with Crippen molar-refractivity contribution in [1.29, 1.82) is 0 Å². The molecule has 0 saturated heterocycles.